The molecule has 0 fully saturated rings. The first-order valence-corrected chi connectivity index (χ1v) is 6.21. The summed E-state index contributed by atoms with van der Waals surface area (Å²) >= 11 is 0. The maximum Gasteiger partial charge on any atom is 0.340 e. The first-order chi connectivity index (χ1) is 9.63. The van der Waals surface area contributed by atoms with Crippen LogP contribution in [0.5, 0.6) is 0 Å². The second-order valence-electron chi connectivity index (χ2n) is 4.41. The van der Waals surface area contributed by atoms with Crippen LogP contribution in [0.15, 0.2) is 42.6 Å². The summed E-state index contributed by atoms with van der Waals surface area (Å²) < 4.78 is 4.80. The molecule has 1 aromatic carbocycles. The van der Waals surface area contributed by atoms with Crippen molar-refractivity contribution >= 4 is 17.3 Å². The van der Waals surface area contributed by atoms with Crippen molar-refractivity contribution in [3.05, 3.63) is 53.9 Å². The van der Waals surface area contributed by atoms with Crippen molar-refractivity contribution in [2.45, 2.75) is 6.54 Å². The Morgan fingerprint density at radius 1 is 1.30 bits per heavy atom. The van der Waals surface area contributed by atoms with E-state index >= 15 is 0 Å². The molecule has 1 heterocycles. The fourth-order valence-electron chi connectivity index (χ4n) is 2.08. The van der Waals surface area contributed by atoms with E-state index in [0.717, 1.165) is 5.69 Å². The number of benzene rings is 1. The molecule has 0 aliphatic carbocycles. The van der Waals surface area contributed by atoms with Crippen LogP contribution in [0.1, 0.15) is 16.1 Å². The van der Waals surface area contributed by atoms with Gasteiger partial charge in [0.25, 0.3) is 0 Å². The molecule has 0 atom stereocenters. The molecule has 0 bridgehead atoms. The zero-order valence-corrected chi connectivity index (χ0v) is 11.5. The van der Waals surface area contributed by atoms with Gasteiger partial charge in [-0.1, -0.05) is 12.1 Å². The summed E-state index contributed by atoms with van der Waals surface area (Å²) in [5.74, 6) is -0.403. The predicted molar refractivity (Wildman–Crippen MR) is 78.5 cm³/mol. The highest BCUT2D eigenvalue weighted by molar-refractivity contribution is 5.99. The Kier molecular flexibility index (Phi) is 4.20. The van der Waals surface area contributed by atoms with Crippen molar-refractivity contribution in [2.24, 2.45) is 0 Å². The van der Waals surface area contributed by atoms with Crippen molar-refractivity contribution in [3.8, 4) is 0 Å². The van der Waals surface area contributed by atoms with Gasteiger partial charge in [0.15, 0.2) is 0 Å². The quantitative estimate of drug-likeness (QED) is 0.681. The number of pyridine rings is 1. The maximum absolute atomic E-state index is 11.8. The summed E-state index contributed by atoms with van der Waals surface area (Å²) in [6.07, 6.45) is 1.73. The molecule has 0 aliphatic heterocycles. The first kappa shape index (κ1) is 13.9. The lowest BCUT2D eigenvalue weighted by Gasteiger charge is -2.23. The van der Waals surface area contributed by atoms with Gasteiger partial charge in [-0.15, -0.1) is 0 Å². The van der Waals surface area contributed by atoms with Gasteiger partial charge in [-0.2, -0.15) is 0 Å². The molecule has 5 nitrogen and oxygen atoms in total. The number of ether oxygens (including phenoxy) is 1. The largest absolute Gasteiger partial charge is 0.465 e. The zero-order valence-electron chi connectivity index (χ0n) is 11.5. The van der Waals surface area contributed by atoms with E-state index in [-0.39, 0.29) is 0 Å². The third-order valence-electron chi connectivity index (χ3n) is 2.98. The van der Waals surface area contributed by atoms with E-state index in [9.17, 15) is 4.79 Å². The molecule has 0 spiro atoms. The van der Waals surface area contributed by atoms with E-state index in [2.05, 4.69) is 4.98 Å². The first-order valence-electron chi connectivity index (χ1n) is 6.21. The topological polar surface area (TPSA) is 68.5 Å². The smallest absolute Gasteiger partial charge is 0.340 e. The summed E-state index contributed by atoms with van der Waals surface area (Å²) in [6.45, 7) is 0.555. The number of esters is 1. The minimum Gasteiger partial charge on any atom is -0.465 e. The number of nitrogen functional groups attached to an aromatic ring is 1. The van der Waals surface area contributed by atoms with Gasteiger partial charge in [0.1, 0.15) is 0 Å². The number of methoxy groups -OCH3 is 1. The van der Waals surface area contributed by atoms with Gasteiger partial charge in [0.2, 0.25) is 0 Å². The molecule has 2 rings (SSSR count). The summed E-state index contributed by atoms with van der Waals surface area (Å²) in [4.78, 5) is 18.0. The number of hydrogen-bond acceptors (Lipinski definition) is 5. The molecule has 104 valence electrons. The molecule has 1 aromatic heterocycles. The van der Waals surface area contributed by atoms with Gasteiger partial charge < -0.3 is 15.4 Å². The Balaban J connectivity index is 2.34. The Morgan fingerprint density at radius 3 is 2.75 bits per heavy atom. The summed E-state index contributed by atoms with van der Waals surface area (Å²) in [5, 5.41) is 0. The molecular formula is C15H17N3O2. The van der Waals surface area contributed by atoms with Crippen LogP contribution in [0, 0.1) is 0 Å². The highest BCUT2D eigenvalue weighted by Gasteiger charge is 2.17. The van der Waals surface area contributed by atoms with E-state index in [0.29, 0.717) is 23.5 Å². The number of hydrogen-bond donors (Lipinski definition) is 1. The number of carbonyl (C=O) groups is 1. The zero-order chi connectivity index (χ0) is 14.5. The van der Waals surface area contributed by atoms with Gasteiger partial charge in [-0.05, 0) is 24.3 Å². The minimum atomic E-state index is -0.403. The molecular weight excluding hydrogens is 254 g/mol. The van der Waals surface area contributed by atoms with Crippen molar-refractivity contribution in [2.75, 3.05) is 24.8 Å². The van der Waals surface area contributed by atoms with Gasteiger partial charge in [-0.25, -0.2) is 4.79 Å². The molecule has 2 N–H and O–H groups in total. The van der Waals surface area contributed by atoms with Crippen LogP contribution in [0.4, 0.5) is 11.4 Å². The van der Waals surface area contributed by atoms with E-state index in [1.807, 2.05) is 30.1 Å². The lowest BCUT2D eigenvalue weighted by Crippen LogP contribution is -2.21. The summed E-state index contributed by atoms with van der Waals surface area (Å²) in [5.41, 5.74) is 8.54. The van der Waals surface area contributed by atoms with Gasteiger partial charge in [0.05, 0.1) is 36.3 Å². The van der Waals surface area contributed by atoms with E-state index < -0.39 is 5.97 Å². The molecule has 2 aromatic rings. The highest BCUT2D eigenvalue weighted by atomic mass is 16.5. The van der Waals surface area contributed by atoms with E-state index in [4.69, 9.17) is 10.5 Å². The van der Waals surface area contributed by atoms with Crippen LogP contribution >= 0.6 is 0 Å². The number of nitrogens with two attached hydrogens (primary N) is 1. The number of aromatic nitrogens is 1. The molecule has 0 amide bonds. The molecule has 0 saturated carbocycles. The van der Waals surface area contributed by atoms with Gasteiger partial charge in [-0.3, -0.25) is 4.98 Å². The van der Waals surface area contributed by atoms with Crippen LogP contribution in [-0.2, 0) is 11.3 Å². The fourth-order valence-corrected chi connectivity index (χ4v) is 2.08. The highest BCUT2D eigenvalue weighted by Crippen LogP contribution is 2.28. The van der Waals surface area contributed by atoms with Crippen molar-refractivity contribution < 1.29 is 9.53 Å². The average molecular weight is 271 g/mol. The standard InChI is InChI=1S/C15H17N3O2/c1-18(10-11-6-3-4-9-17-11)14-12(15(19)20-2)7-5-8-13(14)16/h3-9H,10,16H2,1-2H3. The molecule has 0 radical (unpaired) electrons. The molecule has 0 saturated heterocycles. The molecule has 0 unspecified atom stereocenters. The minimum absolute atomic E-state index is 0.403. The lowest BCUT2D eigenvalue weighted by molar-refractivity contribution is 0.0601. The lowest BCUT2D eigenvalue weighted by atomic mass is 10.1. The van der Waals surface area contributed by atoms with Crippen LogP contribution in [0.2, 0.25) is 0 Å². The Bertz CT molecular complexity index is 599. The molecule has 20 heavy (non-hydrogen) atoms. The third kappa shape index (κ3) is 2.88. The maximum atomic E-state index is 11.8. The molecule has 5 heteroatoms. The monoisotopic (exact) mass is 271 g/mol. The Labute approximate surface area is 118 Å². The van der Waals surface area contributed by atoms with Gasteiger partial charge >= 0.3 is 5.97 Å². The fraction of sp³-hybridized carbons (Fsp3) is 0.200. The van der Waals surface area contributed by atoms with Crippen LogP contribution in [0.3, 0.4) is 0 Å². The van der Waals surface area contributed by atoms with Crippen molar-refractivity contribution in [3.63, 3.8) is 0 Å². The van der Waals surface area contributed by atoms with Gasteiger partial charge in [0, 0.05) is 13.2 Å². The van der Waals surface area contributed by atoms with Crippen LogP contribution < -0.4 is 10.6 Å². The number of anilines is 2. The van der Waals surface area contributed by atoms with E-state index in [1.54, 1.807) is 24.4 Å². The number of para-hydroxylation sites is 1. The Morgan fingerprint density at radius 2 is 2.10 bits per heavy atom. The molecule has 0 aliphatic rings. The van der Waals surface area contributed by atoms with Crippen LogP contribution in [0.25, 0.3) is 0 Å². The van der Waals surface area contributed by atoms with Crippen LogP contribution in [-0.4, -0.2) is 25.1 Å². The summed E-state index contributed by atoms with van der Waals surface area (Å²) in [6, 6.07) is 10.9. The average Bonchev–Trinajstić information content (AvgIpc) is 2.47. The van der Waals surface area contributed by atoms with E-state index in [1.165, 1.54) is 7.11 Å². The summed E-state index contributed by atoms with van der Waals surface area (Å²) in [7, 11) is 3.22. The third-order valence-corrected chi connectivity index (χ3v) is 2.98. The number of rotatable bonds is 4. The predicted octanol–water partition coefficient (Wildman–Crippen LogP) is 2.09. The van der Waals surface area contributed by atoms with Crippen molar-refractivity contribution in [1.82, 2.24) is 4.98 Å². The Hall–Kier alpha value is -2.56. The second-order valence-corrected chi connectivity index (χ2v) is 4.41. The number of carbonyl (C=O) groups excluding carboxylic acids is 1. The SMILES string of the molecule is COC(=O)c1cccc(N)c1N(C)Cc1ccccn1. The number of nitrogens with zero attached hydrogens (tertiary/aromatic N) is 2. The van der Waals surface area contributed by atoms with Crippen molar-refractivity contribution in [1.29, 1.82) is 0 Å². The second kappa shape index (κ2) is 6.06. The normalized spacial score (nSPS) is 10.1.